The van der Waals surface area contributed by atoms with Gasteiger partial charge in [0.15, 0.2) is 0 Å². The van der Waals surface area contributed by atoms with Gasteiger partial charge in [0.05, 0.1) is 4.47 Å². The van der Waals surface area contributed by atoms with Gasteiger partial charge in [-0.15, -0.1) is 0 Å². The molecule has 0 saturated heterocycles. The zero-order chi connectivity index (χ0) is 22.6. The Balaban J connectivity index is 1.53. The molecule has 0 fully saturated rings. The standard InChI is InChI=1S/C23H22BrF2N3O2/c1-23(2,29-21(30)8-4-14-3-6-19(26)18(24)11-14)22(31)27-10-9-15-13-28-20-7-5-16(25)12-17(15)20/h3-8,11-13,28H,9-10H2,1-2H3,(H,27,31)(H,29,30)/b8-4+. The van der Waals surface area contributed by atoms with E-state index in [0.717, 1.165) is 16.5 Å². The average molecular weight is 490 g/mol. The van der Waals surface area contributed by atoms with Crippen LogP contribution in [0.25, 0.3) is 17.0 Å². The predicted octanol–water partition coefficient (Wildman–Crippen LogP) is 4.48. The second-order valence-electron chi connectivity index (χ2n) is 7.63. The highest BCUT2D eigenvalue weighted by atomic mass is 79.9. The fraction of sp³-hybridized carbons (Fsp3) is 0.217. The molecule has 0 saturated carbocycles. The summed E-state index contributed by atoms with van der Waals surface area (Å²) in [6, 6.07) is 8.90. The largest absolute Gasteiger partial charge is 0.361 e. The summed E-state index contributed by atoms with van der Waals surface area (Å²) in [4.78, 5) is 27.8. The summed E-state index contributed by atoms with van der Waals surface area (Å²) in [5.41, 5.74) is 1.22. The van der Waals surface area contributed by atoms with Gasteiger partial charge in [-0.3, -0.25) is 9.59 Å². The van der Waals surface area contributed by atoms with Crippen LogP contribution in [0.1, 0.15) is 25.0 Å². The first-order valence-electron chi connectivity index (χ1n) is 9.65. The molecule has 5 nitrogen and oxygen atoms in total. The number of fused-ring (bicyclic) bond motifs is 1. The second kappa shape index (κ2) is 9.43. The summed E-state index contributed by atoms with van der Waals surface area (Å²) < 4.78 is 27.1. The minimum Gasteiger partial charge on any atom is -0.361 e. The van der Waals surface area contributed by atoms with E-state index in [2.05, 4.69) is 31.5 Å². The Morgan fingerprint density at radius 2 is 1.94 bits per heavy atom. The molecule has 0 aliphatic carbocycles. The van der Waals surface area contributed by atoms with Gasteiger partial charge in [-0.1, -0.05) is 6.07 Å². The number of aromatic nitrogens is 1. The first-order valence-corrected chi connectivity index (χ1v) is 10.4. The summed E-state index contributed by atoms with van der Waals surface area (Å²) in [5, 5.41) is 6.23. The molecule has 3 rings (SSSR count). The zero-order valence-electron chi connectivity index (χ0n) is 17.1. The van der Waals surface area contributed by atoms with E-state index in [-0.39, 0.29) is 11.7 Å². The van der Waals surface area contributed by atoms with Crippen molar-refractivity contribution >= 4 is 44.7 Å². The number of halogens is 3. The average Bonchev–Trinajstić information content (AvgIpc) is 3.10. The summed E-state index contributed by atoms with van der Waals surface area (Å²) in [5.74, 6) is -1.50. The molecule has 2 amide bonds. The maximum Gasteiger partial charge on any atom is 0.245 e. The van der Waals surface area contributed by atoms with Crippen LogP contribution < -0.4 is 10.6 Å². The Bertz CT molecular complexity index is 1150. The van der Waals surface area contributed by atoms with Gasteiger partial charge in [-0.25, -0.2) is 8.78 Å². The molecule has 31 heavy (non-hydrogen) atoms. The lowest BCUT2D eigenvalue weighted by atomic mass is 10.0. The zero-order valence-corrected chi connectivity index (χ0v) is 18.6. The van der Waals surface area contributed by atoms with E-state index in [1.54, 1.807) is 32.2 Å². The number of nitrogens with one attached hydrogen (secondary N) is 3. The van der Waals surface area contributed by atoms with Gasteiger partial charge in [-0.05, 0) is 83.7 Å². The quantitative estimate of drug-likeness (QED) is 0.428. The molecular formula is C23H22BrF2N3O2. The third kappa shape index (κ3) is 5.79. The van der Waals surface area contributed by atoms with E-state index < -0.39 is 17.3 Å². The number of carbonyl (C=O) groups is 2. The Labute approximate surface area is 187 Å². The molecule has 1 aromatic heterocycles. The highest BCUT2D eigenvalue weighted by Gasteiger charge is 2.28. The van der Waals surface area contributed by atoms with Crippen molar-refractivity contribution in [1.29, 1.82) is 0 Å². The molecule has 0 spiro atoms. The van der Waals surface area contributed by atoms with Crippen molar-refractivity contribution in [3.05, 3.63) is 75.9 Å². The third-order valence-corrected chi connectivity index (χ3v) is 5.39. The van der Waals surface area contributed by atoms with Crippen LogP contribution in [0.15, 0.2) is 53.1 Å². The molecular weight excluding hydrogens is 468 g/mol. The highest BCUT2D eigenvalue weighted by molar-refractivity contribution is 9.10. The lowest BCUT2D eigenvalue weighted by Gasteiger charge is -2.24. The van der Waals surface area contributed by atoms with Crippen molar-refractivity contribution in [2.24, 2.45) is 0 Å². The Morgan fingerprint density at radius 1 is 1.16 bits per heavy atom. The van der Waals surface area contributed by atoms with E-state index in [9.17, 15) is 18.4 Å². The van der Waals surface area contributed by atoms with Crippen molar-refractivity contribution in [3.8, 4) is 0 Å². The topological polar surface area (TPSA) is 74.0 Å². The van der Waals surface area contributed by atoms with Crippen LogP contribution in [0.5, 0.6) is 0 Å². The number of benzene rings is 2. The number of hydrogen-bond acceptors (Lipinski definition) is 2. The van der Waals surface area contributed by atoms with E-state index in [0.29, 0.717) is 23.0 Å². The van der Waals surface area contributed by atoms with Crippen molar-refractivity contribution in [1.82, 2.24) is 15.6 Å². The highest BCUT2D eigenvalue weighted by Crippen LogP contribution is 2.20. The first kappa shape index (κ1) is 22.7. The lowest BCUT2D eigenvalue weighted by molar-refractivity contribution is -0.130. The summed E-state index contributed by atoms with van der Waals surface area (Å²) >= 11 is 3.09. The molecule has 1 heterocycles. The lowest BCUT2D eigenvalue weighted by Crippen LogP contribution is -2.54. The molecule has 0 radical (unpaired) electrons. The van der Waals surface area contributed by atoms with Crippen LogP contribution in [-0.2, 0) is 16.0 Å². The molecule has 162 valence electrons. The van der Waals surface area contributed by atoms with Crippen molar-refractivity contribution in [2.75, 3.05) is 6.54 Å². The van der Waals surface area contributed by atoms with Crippen molar-refractivity contribution < 1.29 is 18.4 Å². The molecule has 0 atom stereocenters. The molecule has 0 unspecified atom stereocenters. The van der Waals surface area contributed by atoms with Gasteiger partial charge in [0.1, 0.15) is 17.2 Å². The summed E-state index contributed by atoms with van der Waals surface area (Å²) in [6.07, 6.45) is 5.12. The maximum absolute atomic E-state index is 13.5. The number of aromatic amines is 1. The Kier molecular flexibility index (Phi) is 6.90. The van der Waals surface area contributed by atoms with Crippen LogP contribution in [0.2, 0.25) is 0 Å². The number of H-pyrrole nitrogens is 1. The van der Waals surface area contributed by atoms with Gasteiger partial charge in [0, 0.05) is 29.7 Å². The molecule has 0 aliphatic heterocycles. The summed E-state index contributed by atoms with van der Waals surface area (Å²) in [6.45, 7) is 3.54. The summed E-state index contributed by atoms with van der Waals surface area (Å²) in [7, 11) is 0. The van der Waals surface area contributed by atoms with Gasteiger partial charge < -0.3 is 15.6 Å². The number of amides is 2. The van der Waals surface area contributed by atoms with E-state index >= 15 is 0 Å². The molecule has 3 N–H and O–H groups in total. The van der Waals surface area contributed by atoms with Crippen molar-refractivity contribution in [3.63, 3.8) is 0 Å². The maximum atomic E-state index is 13.5. The molecule has 2 aromatic carbocycles. The van der Waals surface area contributed by atoms with Crippen LogP contribution in [0.3, 0.4) is 0 Å². The first-order chi connectivity index (χ1) is 14.7. The normalized spacial score (nSPS) is 11.8. The minimum absolute atomic E-state index is 0.299. The van der Waals surface area contributed by atoms with Gasteiger partial charge in [0.25, 0.3) is 0 Å². The van der Waals surface area contributed by atoms with Crippen molar-refractivity contribution in [2.45, 2.75) is 25.8 Å². The molecule has 0 bridgehead atoms. The third-order valence-electron chi connectivity index (χ3n) is 4.78. The number of carbonyl (C=O) groups excluding carboxylic acids is 2. The molecule has 0 aliphatic rings. The van der Waals surface area contributed by atoms with Gasteiger partial charge in [0.2, 0.25) is 11.8 Å². The Hall–Kier alpha value is -3.00. The monoisotopic (exact) mass is 489 g/mol. The predicted molar refractivity (Wildman–Crippen MR) is 120 cm³/mol. The van der Waals surface area contributed by atoms with E-state index in [1.165, 1.54) is 36.4 Å². The van der Waals surface area contributed by atoms with E-state index in [1.807, 2.05) is 0 Å². The number of hydrogen-bond donors (Lipinski definition) is 3. The molecule has 3 aromatic rings. The van der Waals surface area contributed by atoms with Crippen LogP contribution in [-0.4, -0.2) is 28.9 Å². The van der Waals surface area contributed by atoms with Gasteiger partial charge >= 0.3 is 0 Å². The van der Waals surface area contributed by atoms with Gasteiger partial charge in [-0.2, -0.15) is 0 Å². The fourth-order valence-corrected chi connectivity index (χ4v) is 3.48. The minimum atomic E-state index is -1.14. The SMILES string of the molecule is CC(C)(NC(=O)/C=C/c1ccc(F)c(Br)c1)C(=O)NCCc1c[nH]c2ccc(F)cc12. The molecule has 8 heteroatoms. The Morgan fingerprint density at radius 3 is 2.68 bits per heavy atom. The van der Waals surface area contributed by atoms with Crippen LogP contribution in [0.4, 0.5) is 8.78 Å². The van der Waals surface area contributed by atoms with Crippen LogP contribution >= 0.6 is 15.9 Å². The smallest absolute Gasteiger partial charge is 0.245 e. The number of rotatable bonds is 7. The fourth-order valence-electron chi connectivity index (χ4n) is 3.08. The second-order valence-corrected chi connectivity index (χ2v) is 8.49. The van der Waals surface area contributed by atoms with E-state index in [4.69, 9.17) is 0 Å². The van der Waals surface area contributed by atoms with Crippen LogP contribution in [0, 0.1) is 11.6 Å².